The number of hydrogen-bond acceptors (Lipinski definition) is 5. The lowest BCUT2D eigenvalue weighted by atomic mass is 10.1. The topological polar surface area (TPSA) is 63.7 Å². The number of anilines is 2. The van der Waals surface area contributed by atoms with Crippen molar-refractivity contribution in [3.8, 4) is 17.0 Å². The molecule has 1 atom stereocenters. The zero-order valence-corrected chi connectivity index (χ0v) is 22.7. The number of aromatic nitrogens is 1. The number of fused-ring (bicyclic) bond motifs is 1. The summed E-state index contributed by atoms with van der Waals surface area (Å²) in [5, 5.41) is 3.57. The van der Waals surface area contributed by atoms with Crippen molar-refractivity contribution in [1.82, 2.24) is 4.98 Å². The lowest BCUT2D eigenvalue weighted by Gasteiger charge is -2.38. The molecule has 0 aliphatic rings. The highest BCUT2D eigenvalue weighted by Gasteiger charge is 2.39. The van der Waals surface area contributed by atoms with Gasteiger partial charge in [-0.15, -0.1) is 0 Å². The minimum absolute atomic E-state index is 0.0129. The maximum atomic E-state index is 13.9. The van der Waals surface area contributed by atoms with Gasteiger partial charge in [0.1, 0.15) is 25.1 Å². The summed E-state index contributed by atoms with van der Waals surface area (Å²) in [6.07, 6.45) is 0.0317. The quantitative estimate of drug-likeness (QED) is 0.264. The molecule has 1 unspecified atom stereocenters. The molecule has 0 spiro atoms. The highest BCUT2D eigenvalue weighted by Crippen LogP contribution is 2.38. The average molecular weight is 498 g/mol. The maximum Gasteiger partial charge on any atom is 0.211 e. The van der Waals surface area contributed by atoms with Crippen molar-refractivity contribution in [3.05, 3.63) is 48.5 Å². The molecule has 0 saturated heterocycles. The van der Waals surface area contributed by atoms with E-state index in [1.807, 2.05) is 67.5 Å². The first kappa shape index (κ1) is 26.6. The number of benzene rings is 2. The van der Waals surface area contributed by atoms with E-state index in [4.69, 9.17) is 14.1 Å². The van der Waals surface area contributed by atoms with Crippen LogP contribution < -0.4 is 15.0 Å². The van der Waals surface area contributed by atoms with Gasteiger partial charge in [-0.05, 0) is 54.5 Å². The summed E-state index contributed by atoms with van der Waals surface area (Å²) < 4.78 is 26.3. The molecule has 0 aliphatic carbocycles. The fourth-order valence-electron chi connectivity index (χ4n) is 3.49. The number of halogens is 1. The van der Waals surface area contributed by atoms with E-state index in [-0.39, 0.29) is 11.6 Å². The molecule has 1 N–H and O–H groups in total. The summed E-state index contributed by atoms with van der Waals surface area (Å²) in [4.78, 5) is 17.5. The van der Waals surface area contributed by atoms with Crippen molar-refractivity contribution >= 4 is 37.0 Å². The molecule has 1 heterocycles. The normalized spacial score (nSPS) is 12.9. The van der Waals surface area contributed by atoms with Gasteiger partial charge in [-0.3, -0.25) is 4.79 Å². The first-order chi connectivity index (χ1) is 16.4. The summed E-state index contributed by atoms with van der Waals surface area (Å²) in [5.41, 5.74) is 4.12. The third kappa shape index (κ3) is 6.38. The molecule has 3 aromatic rings. The summed E-state index contributed by atoms with van der Waals surface area (Å²) in [6.45, 7) is 10.2. The summed E-state index contributed by atoms with van der Waals surface area (Å²) in [5.74, 6) is 0.650. The van der Waals surface area contributed by atoms with Crippen LogP contribution in [0.3, 0.4) is 0 Å². The van der Waals surface area contributed by atoms with Crippen LogP contribution in [0.1, 0.15) is 20.8 Å². The predicted octanol–water partition coefficient (Wildman–Crippen LogP) is 6.27. The first-order valence-corrected chi connectivity index (χ1v) is 14.7. The van der Waals surface area contributed by atoms with Crippen molar-refractivity contribution in [3.63, 3.8) is 0 Å². The van der Waals surface area contributed by atoms with Gasteiger partial charge in [-0.1, -0.05) is 32.9 Å². The van der Waals surface area contributed by atoms with Gasteiger partial charge in [0.25, 0.3) is 0 Å². The third-order valence-electron chi connectivity index (χ3n) is 6.52. The van der Waals surface area contributed by atoms with E-state index in [9.17, 15) is 9.18 Å². The number of carbonyl (C=O) groups excluding carboxylic acids is 1. The summed E-state index contributed by atoms with van der Waals surface area (Å²) in [7, 11) is 1.76. The summed E-state index contributed by atoms with van der Waals surface area (Å²) >= 11 is 0. The molecule has 1 amide bonds. The van der Waals surface area contributed by atoms with Crippen LogP contribution in [-0.4, -0.2) is 53.2 Å². The Balaban J connectivity index is 1.87. The van der Waals surface area contributed by atoms with E-state index in [1.165, 1.54) is 0 Å². The van der Waals surface area contributed by atoms with Gasteiger partial charge in [0.15, 0.2) is 8.32 Å². The van der Waals surface area contributed by atoms with Crippen LogP contribution in [0, 0.1) is 0 Å². The van der Waals surface area contributed by atoms with E-state index in [0.29, 0.717) is 12.2 Å². The Morgan fingerprint density at radius 1 is 1.11 bits per heavy atom. The largest absolute Gasteiger partial charge is 0.489 e. The molecule has 0 radical (unpaired) electrons. The molecule has 35 heavy (non-hydrogen) atoms. The van der Waals surface area contributed by atoms with Crippen molar-refractivity contribution < 1.29 is 18.3 Å². The zero-order chi connectivity index (χ0) is 25.8. The molecule has 1 aromatic heterocycles. The number of nitrogens with zero attached hydrogens (tertiary/aromatic N) is 2. The smallest absolute Gasteiger partial charge is 0.211 e. The van der Waals surface area contributed by atoms with E-state index in [0.717, 1.165) is 33.5 Å². The maximum absolute atomic E-state index is 13.9. The second-order valence-electron chi connectivity index (χ2n) is 10.4. The van der Waals surface area contributed by atoms with Gasteiger partial charge in [0.05, 0.1) is 16.9 Å². The van der Waals surface area contributed by atoms with E-state index in [2.05, 4.69) is 39.2 Å². The molecule has 2 aromatic carbocycles. The fraction of sp³-hybridized carbons (Fsp3) is 0.407. The Kier molecular flexibility index (Phi) is 8.17. The predicted molar refractivity (Wildman–Crippen MR) is 145 cm³/mol. The van der Waals surface area contributed by atoms with Crippen LogP contribution in [0.25, 0.3) is 22.2 Å². The number of rotatable bonds is 10. The van der Waals surface area contributed by atoms with Gasteiger partial charge in [0.2, 0.25) is 6.41 Å². The van der Waals surface area contributed by atoms with Gasteiger partial charge in [-0.25, -0.2) is 9.37 Å². The van der Waals surface area contributed by atoms with E-state index in [1.54, 1.807) is 0 Å². The molecule has 0 saturated carbocycles. The average Bonchev–Trinajstić information content (AvgIpc) is 2.80. The van der Waals surface area contributed by atoms with Gasteiger partial charge < -0.3 is 19.4 Å². The number of nitrogens with one attached hydrogen (secondary N) is 1. The van der Waals surface area contributed by atoms with Crippen molar-refractivity contribution in [2.75, 3.05) is 37.6 Å². The summed E-state index contributed by atoms with van der Waals surface area (Å²) in [6, 6.07) is 15.4. The number of alkyl halides is 1. The molecule has 3 rings (SSSR count). The van der Waals surface area contributed by atoms with Crippen LogP contribution in [-0.2, 0) is 9.22 Å². The highest BCUT2D eigenvalue weighted by atomic mass is 28.4. The SMILES string of the molecule is CN(C)c1ccc(-c2ccc3cc(NC=O)ccc3n2)cc1OCC(CF)O[Si](C)(C)C(C)(C)C. The van der Waals surface area contributed by atoms with Crippen LogP contribution in [0.5, 0.6) is 5.75 Å². The van der Waals surface area contributed by atoms with Gasteiger partial charge in [-0.2, -0.15) is 0 Å². The van der Waals surface area contributed by atoms with Gasteiger partial charge in [0, 0.05) is 30.7 Å². The molecular weight excluding hydrogens is 461 g/mol. The number of amides is 1. The van der Waals surface area contributed by atoms with E-state index < -0.39 is 21.1 Å². The Morgan fingerprint density at radius 2 is 1.86 bits per heavy atom. The Hall–Kier alpha value is -2.97. The first-order valence-electron chi connectivity index (χ1n) is 11.7. The second kappa shape index (κ2) is 10.7. The minimum atomic E-state index is -2.13. The Bertz CT molecular complexity index is 1180. The number of carbonyl (C=O) groups is 1. The number of ether oxygens (including phenoxy) is 1. The standard InChI is InChI=1S/C27H36FN3O3Si/c1-27(2,3)35(6,7)34-22(16-28)17-33-26-15-20(9-13-25(26)31(4)5)23-11-8-19-14-21(29-18-32)10-12-24(19)30-23/h8-15,18,22H,16-17H2,1-7H3,(H,29,32). The molecule has 8 heteroatoms. The van der Waals surface area contributed by atoms with E-state index >= 15 is 0 Å². The van der Waals surface area contributed by atoms with Crippen LogP contribution in [0.4, 0.5) is 15.8 Å². The zero-order valence-electron chi connectivity index (χ0n) is 21.7. The number of hydrogen-bond donors (Lipinski definition) is 1. The Morgan fingerprint density at radius 3 is 2.49 bits per heavy atom. The minimum Gasteiger partial charge on any atom is -0.489 e. The number of pyridine rings is 1. The fourth-order valence-corrected chi connectivity index (χ4v) is 4.81. The lowest BCUT2D eigenvalue weighted by molar-refractivity contribution is -0.105. The third-order valence-corrected chi connectivity index (χ3v) is 11.1. The van der Waals surface area contributed by atoms with Crippen molar-refractivity contribution in [1.29, 1.82) is 0 Å². The lowest BCUT2D eigenvalue weighted by Crippen LogP contribution is -2.46. The van der Waals surface area contributed by atoms with Crippen molar-refractivity contribution in [2.45, 2.75) is 45.0 Å². The monoisotopic (exact) mass is 497 g/mol. The molecule has 0 fully saturated rings. The second-order valence-corrected chi connectivity index (χ2v) is 15.2. The van der Waals surface area contributed by atoms with Crippen molar-refractivity contribution in [2.24, 2.45) is 0 Å². The van der Waals surface area contributed by atoms with Crippen LogP contribution in [0.2, 0.25) is 18.1 Å². The molecular formula is C27H36FN3O3Si. The molecule has 6 nitrogen and oxygen atoms in total. The Labute approximate surface area is 208 Å². The highest BCUT2D eigenvalue weighted by molar-refractivity contribution is 6.74. The molecule has 0 bridgehead atoms. The van der Waals surface area contributed by atoms with Crippen LogP contribution >= 0.6 is 0 Å². The molecule has 0 aliphatic heterocycles. The van der Waals surface area contributed by atoms with Crippen LogP contribution in [0.15, 0.2) is 48.5 Å². The van der Waals surface area contributed by atoms with Gasteiger partial charge >= 0.3 is 0 Å². The molecule has 188 valence electrons.